The highest BCUT2D eigenvalue weighted by Gasteiger charge is 2.27. The van der Waals surface area contributed by atoms with E-state index < -0.39 is 0 Å². The van der Waals surface area contributed by atoms with Gasteiger partial charge in [-0.15, -0.1) is 0 Å². The zero-order chi connectivity index (χ0) is 30.2. The number of aromatic nitrogens is 3. The standard InChI is InChI=1S/C27H29N5O2.C2H6.I4S/c1-17-14-18(2)23(15-22(17)25-29-26(31-30-25)24-4-3-13-34-24)27(33)32-11-9-21(10-12-32)20-7-5-19(16-28)6-8-20;1-2;1-5(2,3)4/h5-8,14-15,21,24H,3-4,9-13H2,1-2H3,(H,29,30,31);1-2H3;/t24-;;/m0../s1. The van der Waals surface area contributed by atoms with Crippen LogP contribution >= 0.6 is 83.5 Å². The fourth-order valence-corrected chi connectivity index (χ4v) is 5.07. The number of hydrogen-bond donors (Lipinski definition) is 1. The van der Waals surface area contributed by atoms with Crippen molar-refractivity contribution < 1.29 is 9.53 Å². The lowest BCUT2D eigenvalue weighted by atomic mass is 9.88. The molecule has 12 heteroatoms. The van der Waals surface area contributed by atoms with E-state index in [1.165, 1.54) is 5.56 Å². The highest BCUT2D eigenvalue weighted by molar-refractivity contribution is 14.6. The van der Waals surface area contributed by atoms with Crippen LogP contribution < -0.4 is 0 Å². The number of H-pyrrole nitrogens is 1. The molecule has 0 radical (unpaired) electrons. The zero-order valence-corrected chi connectivity index (χ0v) is 33.0. The molecule has 0 aliphatic carbocycles. The molecule has 3 aromatic rings. The summed E-state index contributed by atoms with van der Waals surface area (Å²) in [5.74, 6) is 1.84. The predicted octanol–water partition coefficient (Wildman–Crippen LogP) is 10.0. The van der Waals surface area contributed by atoms with Gasteiger partial charge in [0.1, 0.15) is 6.10 Å². The highest BCUT2D eigenvalue weighted by Crippen LogP contribution is 2.77. The Kier molecular flexibility index (Phi) is 14.4. The SMILES string of the molecule is CC.Cc1cc(C)c(-c2n[nH]c([C@@H]3CCCO3)n2)cc1C(=O)N1CCC(c2ccc(C#N)cc2)CC1.IS(I)(I)I. The highest BCUT2D eigenvalue weighted by atomic mass is 127. The van der Waals surface area contributed by atoms with E-state index in [2.05, 4.69) is 106 Å². The van der Waals surface area contributed by atoms with Crippen molar-refractivity contribution in [1.29, 1.82) is 5.26 Å². The summed E-state index contributed by atoms with van der Waals surface area (Å²) in [6.45, 7) is 10.2. The van der Waals surface area contributed by atoms with E-state index in [4.69, 9.17) is 10.00 Å². The van der Waals surface area contributed by atoms with Crippen LogP contribution in [0.4, 0.5) is 0 Å². The van der Waals surface area contributed by atoms with Crippen molar-refractivity contribution in [1.82, 2.24) is 20.1 Å². The third-order valence-electron chi connectivity index (χ3n) is 7.07. The van der Waals surface area contributed by atoms with Crippen molar-refractivity contribution in [2.24, 2.45) is 0 Å². The third kappa shape index (κ3) is 10.4. The van der Waals surface area contributed by atoms with Gasteiger partial charge < -0.3 is 9.64 Å². The number of aryl methyl sites for hydroxylation is 2. The first-order valence-corrected chi connectivity index (χ1v) is 25.4. The van der Waals surface area contributed by atoms with Gasteiger partial charge in [0.15, 0.2) is 11.6 Å². The minimum atomic E-state index is -0.287. The van der Waals surface area contributed by atoms with E-state index in [1.807, 2.05) is 69.0 Å². The van der Waals surface area contributed by atoms with Crippen LogP contribution in [0.1, 0.15) is 90.0 Å². The van der Waals surface area contributed by atoms with Crippen LogP contribution in [0.3, 0.4) is 0 Å². The van der Waals surface area contributed by atoms with Crippen molar-refractivity contribution in [3.05, 3.63) is 70.0 Å². The van der Waals surface area contributed by atoms with Crippen molar-refractivity contribution in [3.63, 3.8) is 0 Å². The molecule has 0 bridgehead atoms. The number of likely N-dealkylation sites (tertiary alicyclic amines) is 1. The summed E-state index contributed by atoms with van der Waals surface area (Å²) >= 11 is 9.68. The summed E-state index contributed by atoms with van der Waals surface area (Å²) in [4.78, 5) is 20.1. The smallest absolute Gasteiger partial charge is 0.254 e. The number of amides is 1. The van der Waals surface area contributed by atoms with E-state index in [1.54, 1.807) is 0 Å². The third-order valence-corrected chi connectivity index (χ3v) is 7.07. The van der Waals surface area contributed by atoms with E-state index in [0.717, 1.165) is 67.9 Å². The molecule has 2 aliphatic heterocycles. The van der Waals surface area contributed by atoms with Gasteiger partial charge in [-0.25, -0.2) is 4.98 Å². The van der Waals surface area contributed by atoms with Crippen LogP contribution in [0.25, 0.3) is 11.4 Å². The molecular formula is C29H35I4N5O2S. The Morgan fingerprint density at radius 3 is 2.24 bits per heavy atom. The second-order valence-corrected chi connectivity index (χ2v) is 56.6. The van der Waals surface area contributed by atoms with Crippen molar-refractivity contribution in [3.8, 4) is 17.5 Å². The Labute approximate surface area is 293 Å². The van der Waals surface area contributed by atoms with Crippen LogP contribution in [-0.2, 0) is 4.74 Å². The first-order chi connectivity index (χ1) is 19.5. The van der Waals surface area contributed by atoms with Gasteiger partial charge in [-0.05, 0) is 79.1 Å². The number of piperidine rings is 1. The number of nitrogens with zero attached hydrogens (tertiary/aromatic N) is 4. The van der Waals surface area contributed by atoms with Gasteiger partial charge in [-0.3, -0.25) is 9.89 Å². The summed E-state index contributed by atoms with van der Waals surface area (Å²) in [6, 6.07) is 14.0. The Morgan fingerprint density at radius 2 is 1.68 bits per heavy atom. The second-order valence-electron chi connectivity index (χ2n) is 9.68. The average molecular weight is 1030 g/mol. The van der Waals surface area contributed by atoms with Crippen LogP contribution in [0, 0.1) is 25.2 Å². The van der Waals surface area contributed by atoms with Crippen LogP contribution in [0.2, 0.25) is 0 Å². The normalized spacial score (nSPS) is 17.5. The number of benzene rings is 2. The molecule has 2 saturated heterocycles. The number of halogens is 4. The summed E-state index contributed by atoms with van der Waals surface area (Å²) in [7, 11) is 0. The Morgan fingerprint density at radius 1 is 1.05 bits per heavy atom. The maximum atomic E-state index is 13.5. The van der Waals surface area contributed by atoms with Gasteiger partial charge in [0.05, 0.1) is 11.6 Å². The molecule has 5 rings (SSSR count). The van der Waals surface area contributed by atoms with Gasteiger partial charge in [-0.2, -0.15) is 10.4 Å². The molecule has 1 atom stereocenters. The second kappa shape index (κ2) is 16.7. The molecule has 1 amide bonds. The van der Waals surface area contributed by atoms with Crippen molar-refractivity contribution in [2.45, 2.75) is 65.4 Å². The monoisotopic (exact) mass is 1020 g/mol. The molecule has 0 saturated carbocycles. The van der Waals surface area contributed by atoms with Gasteiger partial charge in [0, 0.05) is 116 Å². The Bertz CT molecular complexity index is 1330. The first-order valence-electron chi connectivity index (χ1n) is 13.6. The largest absolute Gasteiger partial charge is 0.370 e. The summed E-state index contributed by atoms with van der Waals surface area (Å²) in [6.07, 6.45) is 3.79. The van der Waals surface area contributed by atoms with Gasteiger partial charge >= 0.3 is 0 Å². The predicted molar refractivity (Wildman–Crippen MR) is 203 cm³/mol. The molecule has 222 valence electrons. The Hall–Kier alpha value is -0.230. The van der Waals surface area contributed by atoms with E-state index in [0.29, 0.717) is 22.9 Å². The van der Waals surface area contributed by atoms with Crippen molar-refractivity contribution >= 4 is 89.4 Å². The molecule has 1 N–H and O–H groups in total. The van der Waals surface area contributed by atoms with Gasteiger partial charge in [0.25, 0.3) is 5.91 Å². The number of ether oxygens (including phenoxy) is 1. The molecule has 2 aliphatic rings. The number of aromatic amines is 1. The molecule has 7 nitrogen and oxygen atoms in total. The molecule has 3 heterocycles. The molecule has 41 heavy (non-hydrogen) atoms. The first kappa shape index (κ1) is 35.3. The molecule has 1 aromatic heterocycles. The lowest BCUT2D eigenvalue weighted by Gasteiger charge is -2.32. The molecule has 2 fully saturated rings. The van der Waals surface area contributed by atoms with Crippen LogP contribution in [-0.4, -0.2) is 45.7 Å². The van der Waals surface area contributed by atoms with Crippen molar-refractivity contribution in [2.75, 3.05) is 19.7 Å². The Balaban J connectivity index is 0.000000598. The number of nitrogens with one attached hydrogen (secondary N) is 1. The van der Waals surface area contributed by atoms with E-state index in [-0.39, 0.29) is 10.7 Å². The van der Waals surface area contributed by atoms with Gasteiger partial charge in [-0.1, -0.05) is 32.0 Å². The van der Waals surface area contributed by atoms with Crippen LogP contribution in [0.5, 0.6) is 0 Å². The minimum absolute atomic E-state index is 0.0227. The minimum Gasteiger partial charge on any atom is -0.370 e. The van der Waals surface area contributed by atoms with E-state index >= 15 is 0 Å². The summed E-state index contributed by atoms with van der Waals surface area (Å²) < 4.78 is 5.44. The average Bonchev–Trinajstić information content (AvgIpc) is 3.66. The van der Waals surface area contributed by atoms with Gasteiger partial charge in [0.2, 0.25) is 0 Å². The zero-order valence-electron chi connectivity index (χ0n) is 23.6. The number of hydrogen-bond acceptors (Lipinski definition) is 5. The molecular weight excluding hydrogens is 990 g/mol. The molecule has 2 aromatic carbocycles. The molecule has 0 unspecified atom stereocenters. The fraction of sp³-hybridized carbons (Fsp3) is 0.448. The number of carbonyl (C=O) groups excluding carboxylic acids is 1. The van der Waals surface area contributed by atoms with E-state index in [9.17, 15) is 4.79 Å². The maximum absolute atomic E-state index is 13.5. The molecule has 0 spiro atoms. The number of nitriles is 1. The topological polar surface area (TPSA) is 94.9 Å². The maximum Gasteiger partial charge on any atom is 0.254 e. The lowest BCUT2D eigenvalue weighted by molar-refractivity contribution is 0.0712. The van der Waals surface area contributed by atoms with Crippen LogP contribution in [0.15, 0.2) is 36.4 Å². The summed E-state index contributed by atoms with van der Waals surface area (Å²) in [5, 5.41) is 16.5. The lowest BCUT2D eigenvalue weighted by Crippen LogP contribution is -2.38. The number of carbonyl (C=O) groups is 1. The summed E-state index contributed by atoms with van der Waals surface area (Å²) in [5.41, 5.74) is 5.52. The quantitative estimate of drug-likeness (QED) is 0.263. The fourth-order valence-electron chi connectivity index (χ4n) is 5.07. The number of rotatable bonds is 4.